The number of rotatable bonds is 13. The molecule has 0 radical (unpaired) electrons. The summed E-state index contributed by atoms with van der Waals surface area (Å²) in [5.41, 5.74) is 1.13. The molecule has 0 aromatic heterocycles. The highest BCUT2D eigenvalue weighted by atomic mass is 16.5. The van der Waals surface area contributed by atoms with Crippen LogP contribution in [0, 0.1) is 0 Å². The quantitative estimate of drug-likeness (QED) is 0.171. The molecule has 1 atom stereocenters. The minimum atomic E-state index is -0.773. The first-order valence-electron chi connectivity index (χ1n) is 12.6. The molecule has 1 amide bonds. The molecule has 1 fully saturated rings. The minimum Gasteiger partial charge on any atom is -0.507 e. The summed E-state index contributed by atoms with van der Waals surface area (Å²) in [6.07, 6.45) is 3.82. The van der Waals surface area contributed by atoms with Crippen LogP contribution in [0.2, 0.25) is 0 Å². The smallest absolute Gasteiger partial charge is 0.295 e. The van der Waals surface area contributed by atoms with Crippen LogP contribution in [0.15, 0.2) is 54.1 Å². The molecule has 7 nitrogen and oxygen atoms in total. The Morgan fingerprint density at radius 2 is 1.72 bits per heavy atom. The maximum Gasteiger partial charge on any atom is 0.295 e. The molecule has 1 aliphatic rings. The molecular weight excluding hydrogens is 458 g/mol. The number of Topliss-reactive ketones (excluding diaryl/α,β-unsaturated/α-hetero) is 1. The number of para-hydroxylation sites is 1. The number of aliphatic hydroxyl groups is 1. The largest absolute Gasteiger partial charge is 0.507 e. The Morgan fingerprint density at radius 3 is 2.39 bits per heavy atom. The average Bonchev–Trinajstić information content (AvgIpc) is 3.13. The first-order chi connectivity index (χ1) is 17.4. The van der Waals surface area contributed by atoms with E-state index in [2.05, 4.69) is 6.92 Å². The third kappa shape index (κ3) is 6.46. The second-order valence-electron chi connectivity index (χ2n) is 9.09. The number of ether oxygens (including phenoxy) is 3. The Morgan fingerprint density at radius 1 is 1.00 bits per heavy atom. The van der Waals surface area contributed by atoms with Crippen LogP contribution in [0.25, 0.3) is 5.76 Å². The van der Waals surface area contributed by atoms with Gasteiger partial charge >= 0.3 is 0 Å². The van der Waals surface area contributed by atoms with E-state index in [1.807, 2.05) is 32.0 Å². The molecule has 0 saturated carbocycles. The molecule has 36 heavy (non-hydrogen) atoms. The van der Waals surface area contributed by atoms with Crippen LogP contribution < -0.4 is 9.47 Å². The van der Waals surface area contributed by atoms with Crippen molar-refractivity contribution in [2.45, 2.75) is 58.6 Å². The van der Waals surface area contributed by atoms with Gasteiger partial charge in [0.15, 0.2) is 0 Å². The lowest BCUT2D eigenvalue weighted by Gasteiger charge is -2.26. The zero-order valence-electron chi connectivity index (χ0n) is 21.7. The summed E-state index contributed by atoms with van der Waals surface area (Å²) in [5, 5.41) is 11.3. The van der Waals surface area contributed by atoms with Crippen molar-refractivity contribution in [3.63, 3.8) is 0 Å². The lowest BCUT2D eigenvalue weighted by atomic mass is 9.94. The summed E-state index contributed by atoms with van der Waals surface area (Å²) in [6, 6.07) is 13.4. The second-order valence-corrected chi connectivity index (χ2v) is 9.09. The number of nitrogens with zero attached hydrogens (tertiary/aromatic N) is 1. The fourth-order valence-electron chi connectivity index (χ4n) is 4.29. The van der Waals surface area contributed by atoms with Gasteiger partial charge in [-0.15, -0.1) is 0 Å². The Hall–Kier alpha value is -3.32. The van der Waals surface area contributed by atoms with Gasteiger partial charge < -0.3 is 24.2 Å². The Balaban J connectivity index is 1.95. The van der Waals surface area contributed by atoms with Crippen molar-refractivity contribution in [1.82, 2.24) is 4.90 Å². The molecule has 1 N–H and O–H groups in total. The summed E-state index contributed by atoms with van der Waals surface area (Å²) in [6.45, 7) is 7.42. The molecule has 2 aromatic carbocycles. The summed E-state index contributed by atoms with van der Waals surface area (Å²) in [4.78, 5) is 27.8. The highest BCUT2D eigenvalue weighted by Crippen LogP contribution is 2.42. The van der Waals surface area contributed by atoms with Crippen molar-refractivity contribution >= 4 is 17.4 Å². The Kier molecular flexibility index (Phi) is 9.94. The van der Waals surface area contributed by atoms with Crippen LogP contribution in [0.1, 0.15) is 63.6 Å². The Labute approximate surface area is 213 Å². The van der Waals surface area contributed by atoms with E-state index in [9.17, 15) is 14.7 Å². The van der Waals surface area contributed by atoms with Crippen molar-refractivity contribution in [3.8, 4) is 11.5 Å². The average molecular weight is 496 g/mol. The number of carbonyl (C=O) groups excluding carboxylic acids is 2. The number of methoxy groups -OCH3 is 1. The van der Waals surface area contributed by atoms with Gasteiger partial charge in [-0.05, 0) is 57.0 Å². The molecule has 0 bridgehead atoms. The lowest BCUT2D eigenvalue weighted by molar-refractivity contribution is -0.140. The molecule has 7 heteroatoms. The van der Waals surface area contributed by atoms with Gasteiger partial charge in [0.2, 0.25) is 0 Å². The van der Waals surface area contributed by atoms with Crippen molar-refractivity contribution in [3.05, 3.63) is 65.2 Å². The van der Waals surface area contributed by atoms with Crippen molar-refractivity contribution in [2.24, 2.45) is 0 Å². The van der Waals surface area contributed by atoms with E-state index in [0.717, 1.165) is 19.3 Å². The monoisotopic (exact) mass is 495 g/mol. The maximum atomic E-state index is 13.2. The van der Waals surface area contributed by atoms with E-state index >= 15 is 0 Å². The molecule has 1 heterocycles. The number of likely N-dealkylation sites (tertiary alicyclic amines) is 1. The molecule has 0 spiro atoms. The van der Waals surface area contributed by atoms with E-state index in [1.165, 1.54) is 4.90 Å². The standard InChI is InChI=1S/C29H37NO6/c1-5-6-9-18-36-22-15-13-21(14-16-22)27(31)25-26(23-11-7-8-12-24(23)34-4)30(29(33)28(25)32)17-10-19-35-20(2)3/h7-8,11-16,20,26,31H,5-6,9-10,17-19H2,1-4H3/b27-25-. The van der Waals surface area contributed by atoms with Crippen LogP contribution >= 0.6 is 0 Å². The van der Waals surface area contributed by atoms with Gasteiger partial charge in [0.25, 0.3) is 11.7 Å². The zero-order chi connectivity index (χ0) is 26.1. The van der Waals surface area contributed by atoms with E-state index in [0.29, 0.717) is 48.8 Å². The zero-order valence-corrected chi connectivity index (χ0v) is 21.7. The summed E-state index contributed by atoms with van der Waals surface area (Å²) < 4.78 is 16.9. The number of hydrogen-bond acceptors (Lipinski definition) is 6. The highest BCUT2D eigenvalue weighted by molar-refractivity contribution is 6.46. The summed E-state index contributed by atoms with van der Waals surface area (Å²) in [5.74, 6) is -0.354. The Bertz CT molecular complexity index is 1060. The van der Waals surface area contributed by atoms with Gasteiger partial charge in [-0.25, -0.2) is 0 Å². The summed E-state index contributed by atoms with van der Waals surface area (Å²) in [7, 11) is 1.54. The van der Waals surface area contributed by atoms with Gasteiger partial charge in [-0.2, -0.15) is 0 Å². The predicted molar refractivity (Wildman–Crippen MR) is 139 cm³/mol. The van der Waals surface area contributed by atoms with Gasteiger partial charge in [0.1, 0.15) is 17.3 Å². The molecular formula is C29H37NO6. The fourth-order valence-corrected chi connectivity index (χ4v) is 4.29. The molecule has 1 unspecified atom stereocenters. The third-order valence-electron chi connectivity index (χ3n) is 6.11. The first-order valence-corrected chi connectivity index (χ1v) is 12.6. The van der Waals surface area contributed by atoms with Crippen molar-refractivity contribution in [2.75, 3.05) is 26.9 Å². The second kappa shape index (κ2) is 13.1. The number of hydrogen-bond donors (Lipinski definition) is 1. The fraction of sp³-hybridized carbons (Fsp3) is 0.448. The minimum absolute atomic E-state index is 0.0471. The number of aliphatic hydroxyl groups excluding tert-OH is 1. The van der Waals surface area contributed by atoms with Gasteiger partial charge in [-0.1, -0.05) is 38.0 Å². The van der Waals surface area contributed by atoms with Crippen molar-refractivity contribution in [1.29, 1.82) is 0 Å². The topological polar surface area (TPSA) is 85.3 Å². The van der Waals surface area contributed by atoms with E-state index in [4.69, 9.17) is 14.2 Å². The van der Waals surface area contributed by atoms with Gasteiger partial charge in [0.05, 0.1) is 31.4 Å². The summed E-state index contributed by atoms with van der Waals surface area (Å²) >= 11 is 0. The van der Waals surface area contributed by atoms with Gasteiger partial charge in [0, 0.05) is 24.3 Å². The molecule has 1 saturated heterocycles. The molecule has 1 aliphatic heterocycles. The number of ketones is 1. The normalized spacial score (nSPS) is 17.1. The number of unbranched alkanes of at least 4 members (excludes halogenated alkanes) is 2. The number of benzene rings is 2. The third-order valence-corrected chi connectivity index (χ3v) is 6.11. The molecule has 3 rings (SSSR count). The van der Waals surface area contributed by atoms with E-state index in [-0.39, 0.29) is 17.4 Å². The molecule has 2 aromatic rings. The highest BCUT2D eigenvalue weighted by Gasteiger charge is 2.46. The van der Waals surface area contributed by atoms with Crippen LogP contribution in [0.5, 0.6) is 11.5 Å². The maximum absolute atomic E-state index is 13.2. The van der Waals surface area contributed by atoms with E-state index < -0.39 is 17.7 Å². The van der Waals surface area contributed by atoms with Gasteiger partial charge in [-0.3, -0.25) is 9.59 Å². The number of carbonyl (C=O) groups is 2. The predicted octanol–water partition coefficient (Wildman–Crippen LogP) is 5.50. The molecule has 194 valence electrons. The van der Waals surface area contributed by atoms with E-state index in [1.54, 1.807) is 37.4 Å². The van der Waals surface area contributed by atoms with Crippen LogP contribution in [-0.2, 0) is 14.3 Å². The number of amides is 1. The first kappa shape index (κ1) is 27.3. The van der Waals surface area contributed by atoms with Crippen molar-refractivity contribution < 1.29 is 28.9 Å². The van der Waals surface area contributed by atoms with Crippen LogP contribution in [0.4, 0.5) is 0 Å². The lowest BCUT2D eigenvalue weighted by Crippen LogP contribution is -2.31. The molecule has 0 aliphatic carbocycles. The van der Waals surface area contributed by atoms with Crippen LogP contribution in [-0.4, -0.2) is 54.7 Å². The SMILES string of the molecule is CCCCCOc1ccc(/C(O)=C2/C(=O)C(=O)N(CCCOC(C)C)C2c2ccccc2OC)cc1. The van der Waals surface area contributed by atoms with Crippen LogP contribution in [0.3, 0.4) is 0 Å².